The van der Waals surface area contributed by atoms with Gasteiger partial charge in [-0.3, -0.25) is 24.5 Å². The van der Waals surface area contributed by atoms with Gasteiger partial charge in [0.05, 0.1) is 5.69 Å². The number of aromatic nitrogens is 2. The van der Waals surface area contributed by atoms with E-state index in [-0.39, 0.29) is 30.7 Å². The number of carbonyl (C=O) groups is 4. The Labute approximate surface area is 254 Å². The Morgan fingerprint density at radius 2 is 1.75 bits per heavy atom. The SMILES string of the molecule is O=C1CCC(N2Cc3cc(C(=O)NCC4CCN(c5nccc(-c6cccc7ccccc67)n5)CC4)ccc3C2=O)C(=O)N1. The van der Waals surface area contributed by atoms with E-state index in [9.17, 15) is 19.2 Å². The van der Waals surface area contributed by atoms with Crippen LogP contribution in [0, 0.1) is 5.92 Å². The molecule has 4 heterocycles. The Balaban J connectivity index is 0.945. The van der Waals surface area contributed by atoms with Gasteiger partial charge in [-0.05, 0) is 65.8 Å². The number of fused-ring (bicyclic) bond motifs is 2. The molecule has 10 heteroatoms. The summed E-state index contributed by atoms with van der Waals surface area (Å²) in [6.07, 6.45) is 4.13. The highest BCUT2D eigenvalue weighted by molar-refractivity contribution is 6.06. The van der Waals surface area contributed by atoms with Crippen molar-refractivity contribution >= 4 is 40.3 Å². The van der Waals surface area contributed by atoms with Gasteiger partial charge in [-0.25, -0.2) is 9.97 Å². The fourth-order valence-corrected chi connectivity index (χ4v) is 6.49. The smallest absolute Gasteiger partial charge is 0.255 e. The summed E-state index contributed by atoms with van der Waals surface area (Å²) in [4.78, 5) is 63.0. The first-order valence-electron chi connectivity index (χ1n) is 15.1. The molecule has 1 atom stereocenters. The predicted molar refractivity (Wildman–Crippen MR) is 165 cm³/mol. The molecule has 4 amide bonds. The van der Waals surface area contributed by atoms with Crippen LogP contribution < -0.4 is 15.5 Å². The number of benzene rings is 3. The Bertz CT molecular complexity index is 1790. The van der Waals surface area contributed by atoms with Crippen molar-refractivity contribution in [3.63, 3.8) is 0 Å². The van der Waals surface area contributed by atoms with Crippen LogP contribution in [-0.4, -0.2) is 64.2 Å². The quantitative estimate of drug-likeness (QED) is 0.329. The third kappa shape index (κ3) is 5.27. The number of nitrogens with zero attached hydrogens (tertiary/aromatic N) is 4. The number of amides is 4. The van der Waals surface area contributed by atoms with Crippen molar-refractivity contribution < 1.29 is 19.2 Å². The first-order valence-corrected chi connectivity index (χ1v) is 15.1. The Hall–Kier alpha value is -5.12. The minimum Gasteiger partial charge on any atom is -0.352 e. The summed E-state index contributed by atoms with van der Waals surface area (Å²) in [5.41, 5.74) is 3.68. The minimum absolute atomic E-state index is 0.187. The monoisotopic (exact) mass is 588 g/mol. The van der Waals surface area contributed by atoms with Crippen LogP contribution in [0.4, 0.5) is 5.95 Å². The molecule has 4 aromatic rings. The van der Waals surface area contributed by atoms with Crippen molar-refractivity contribution in [3.8, 4) is 11.3 Å². The van der Waals surface area contributed by atoms with Gasteiger partial charge in [0.15, 0.2) is 0 Å². The highest BCUT2D eigenvalue weighted by Gasteiger charge is 2.39. The number of hydrogen-bond acceptors (Lipinski definition) is 7. The molecule has 3 aliphatic heterocycles. The van der Waals surface area contributed by atoms with E-state index in [4.69, 9.17) is 4.98 Å². The number of nitrogens with one attached hydrogen (secondary N) is 2. The van der Waals surface area contributed by atoms with Gasteiger partial charge in [-0.15, -0.1) is 0 Å². The standard InChI is InChI=1S/C34H32N6O4/c41-30-11-10-29(32(43)38-30)40-20-24-18-23(8-9-26(24)33(40)44)31(42)36-19-21-13-16-39(17-14-21)34-35-15-12-28(37-34)27-7-3-5-22-4-1-2-6-25(22)27/h1-9,12,15,18,21,29H,10-11,13-14,16-17,19-20H2,(H,36,42)(H,38,41,43). The van der Waals surface area contributed by atoms with Gasteiger partial charge in [0.1, 0.15) is 6.04 Å². The van der Waals surface area contributed by atoms with E-state index in [0.717, 1.165) is 48.5 Å². The van der Waals surface area contributed by atoms with E-state index in [1.54, 1.807) is 18.2 Å². The Kier molecular flexibility index (Phi) is 7.25. The number of piperidine rings is 2. The molecule has 0 radical (unpaired) electrons. The second kappa shape index (κ2) is 11.5. The lowest BCUT2D eigenvalue weighted by atomic mass is 9.96. The largest absolute Gasteiger partial charge is 0.352 e. The molecule has 44 heavy (non-hydrogen) atoms. The van der Waals surface area contributed by atoms with Gasteiger partial charge >= 0.3 is 0 Å². The van der Waals surface area contributed by atoms with E-state index >= 15 is 0 Å². The average Bonchev–Trinajstić information content (AvgIpc) is 3.38. The third-order valence-electron chi connectivity index (χ3n) is 8.94. The van der Waals surface area contributed by atoms with Gasteiger partial charge in [0.25, 0.3) is 11.8 Å². The van der Waals surface area contributed by atoms with Gasteiger partial charge in [-0.2, -0.15) is 0 Å². The molecule has 7 rings (SSSR count). The number of carbonyl (C=O) groups excluding carboxylic acids is 4. The van der Waals surface area contributed by atoms with Crippen LogP contribution in [-0.2, 0) is 16.1 Å². The summed E-state index contributed by atoms with van der Waals surface area (Å²) in [5, 5.41) is 7.72. The Morgan fingerprint density at radius 1 is 0.932 bits per heavy atom. The zero-order chi connectivity index (χ0) is 30.2. The summed E-state index contributed by atoms with van der Waals surface area (Å²) < 4.78 is 0. The van der Waals surface area contributed by atoms with Gasteiger partial charge in [0.2, 0.25) is 17.8 Å². The zero-order valence-corrected chi connectivity index (χ0v) is 24.2. The first kappa shape index (κ1) is 27.7. The second-order valence-electron chi connectivity index (χ2n) is 11.7. The van der Waals surface area contributed by atoms with Crippen LogP contribution >= 0.6 is 0 Å². The average molecular weight is 589 g/mol. The van der Waals surface area contributed by atoms with Gasteiger partial charge < -0.3 is 15.1 Å². The lowest BCUT2D eigenvalue weighted by molar-refractivity contribution is -0.136. The molecule has 2 fully saturated rings. The van der Waals surface area contributed by atoms with E-state index in [0.29, 0.717) is 35.6 Å². The molecule has 10 nitrogen and oxygen atoms in total. The maximum atomic E-state index is 13.0. The second-order valence-corrected chi connectivity index (χ2v) is 11.7. The molecule has 3 aliphatic rings. The molecule has 1 unspecified atom stereocenters. The molecule has 3 aromatic carbocycles. The van der Waals surface area contributed by atoms with Crippen LogP contribution in [0.2, 0.25) is 0 Å². The normalized spacial score (nSPS) is 18.8. The summed E-state index contributed by atoms with van der Waals surface area (Å²) in [6, 6.07) is 20.9. The highest BCUT2D eigenvalue weighted by Crippen LogP contribution is 2.30. The van der Waals surface area contributed by atoms with E-state index in [1.165, 1.54) is 10.3 Å². The minimum atomic E-state index is -0.679. The lowest BCUT2D eigenvalue weighted by Crippen LogP contribution is -2.52. The van der Waals surface area contributed by atoms with Crippen molar-refractivity contribution in [1.29, 1.82) is 0 Å². The van der Waals surface area contributed by atoms with Crippen LogP contribution in [0.3, 0.4) is 0 Å². The van der Waals surface area contributed by atoms with E-state index < -0.39 is 11.9 Å². The predicted octanol–water partition coefficient (Wildman–Crippen LogP) is 3.70. The molecule has 2 saturated heterocycles. The van der Waals surface area contributed by atoms with Crippen molar-refractivity contribution in [1.82, 2.24) is 25.5 Å². The number of imide groups is 1. The number of hydrogen-bond donors (Lipinski definition) is 2. The molecule has 222 valence electrons. The van der Waals surface area contributed by atoms with E-state index in [2.05, 4.69) is 50.8 Å². The topological polar surface area (TPSA) is 125 Å². The molecular weight excluding hydrogens is 556 g/mol. The molecule has 0 aliphatic carbocycles. The molecule has 0 bridgehead atoms. The summed E-state index contributed by atoms with van der Waals surface area (Å²) in [6.45, 7) is 2.40. The highest BCUT2D eigenvalue weighted by atomic mass is 16.2. The molecule has 2 N–H and O–H groups in total. The fourth-order valence-electron chi connectivity index (χ4n) is 6.49. The Morgan fingerprint density at radius 3 is 2.59 bits per heavy atom. The first-order chi connectivity index (χ1) is 21.4. The molecule has 1 aromatic heterocycles. The van der Waals surface area contributed by atoms with E-state index in [1.807, 2.05) is 24.4 Å². The van der Waals surface area contributed by atoms with Crippen LogP contribution in [0.25, 0.3) is 22.0 Å². The van der Waals surface area contributed by atoms with Crippen LogP contribution in [0.15, 0.2) is 72.9 Å². The van der Waals surface area contributed by atoms with Crippen molar-refractivity contribution in [3.05, 3.63) is 89.6 Å². The number of rotatable bonds is 6. The molecule has 0 saturated carbocycles. The van der Waals surface area contributed by atoms with Crippen LogP contribution in [0.5, 0.6) is 0 Å². The van der Waals surface area contributed by atoms with Crippen molar-refractivity contribution in [2.75, 3.05) is 24.5 Å². The molecule has 0 spiro atoms. The fraction of sp³-hybridized carbons (Fsp3) is 0.294. The van der Waals surface area contributed by atoms with Crippen LogP contribution in [0.1, 0.15) is 52.0 Å². The summed E-state index contributed by atoms with van der Waals surface area (Å²) in [7, 11) is 0. The summed E-state index contributed by atoms with van der Waals surface area (Å²) >= 11 is 0. The van der Waals surface area contributed by atoms with Crippen molar-refractivity contribution in [2.24, 2.45) is 5.92 Å². The van der Waals surface area contributed by atoms with Gasteiger partial charge in [0, 0.05) is 55.5 Å². The van der Waals surface area contributed by atoms with Gasteiger partial charge in [-0.1, -0.05) is 42.5 Å². The maximum absolute atomic E-state index is 13.0. The maximum Gasteiger partial charge on any atom is 0.255 e. The van der Waals surface area contributed by atoms with Crippen molar-refractivity contribution in [2.45, 2.75) is 38.3 Å². The molecular formula is C34H32N6O4. The number of anilines is 1. The lowest BCUT2D eigenvalue weighted by Gasteiger charge is -2.32. The zero-order valence-electron chi connectivity index (χ0n) is 24.2. The third-order valence-corrected chi connectivity index (χ3v) is 8.94. The summed E-state index contributed by atoms with van der Waals surface area (Å²) in [5.74, 6) is -0.157.